The molecular formula is C12H24N2O. The monoisotopic (exact) mass is 212 g/mol. The number of rotatable bonds is 6. The molecule has 2 rings (SSSR count). The summed E-state index contributed by atoms with van der Waals surface area (Å²) in [5, 5.41) is 13.3. The Labute approximate surface area is 92.8 Å². The predicted octanol–water partition coefficient (Wildman–Crippen LogP) is 0.974. The van der Waals surface area contributed by atoms with Crippen LogP contribution in [0.2, 0.25) is 0 Å². The summed E-state index contributed by atoms with van der Waals surface area (Å²) in [5.41, 5.74) is 0. The summed E-state index contributed by atoms with van der Waals surface area (Å²) in [6.07, 6.45) is 6.05. The Bertz CT molecular complexity index is 188. The van der Waals surface area contributed by atoms with Crippen molar-refractivity contribution in [3.63, 3.8) is 0 Å². The fourth-order valence-electron chi connectivity index (χ4n) is 2.41. The van der Waals surface area contributed by atoms with Gasteiger partial charge in [0.25, 0.3) is 0 Å². The maximum absolute atomic E-state index is 9.72. The van der Waals surface area contributed by atoms with E-state index in [-0.39, 0.29) is 6.10 Å². The molecule has 2 fully saturated rings. The first-order valence-electron chi connectivity index (χ1n) is 6.45. The zero-order valence-electron chi connectivity index (χ0n) is 9.78. The lowest BCUT2D eigenvalue weighted by Crippen LogP contribution is -2.42. The van der Waals surface area contributed by atoms with E-state index in [1.165, 1.54) is 32.2 Å². The second-order valence-electron chi connectivity index (χ2n) is 5.04. The van der Waals surface area contributed by atoms with Crippen molar-refractivity contribution >= 4 is 0 Å². The van der Waals surface area contributed by atoms with Crippen molar-refractivity contribution in [3.8, 4) is 0 Å². The average Bonchev–Trinajstić information content (AvgIpc) is 2.97. The molecule has 1 saturated heterocycles. The van der Waals surface area contributed by atoms with E-state index >= 15 is 0 Å². The van der Waals surface area contributed by atoms with Gasteiger partial charge in [0.15, 0.2) is 0 Å². The van der Waals surface area contributed by atoms with Gasteiger partial charge >= 0.3 is 0 Å². The van der Waals surface area contributed by atoms with Gasteiger partial charge in [-0.1, -0.05) is 6.92 Å². The van der Waals surface area contributed by atoms with Crippen molar-refractivity contribution in [1.29, 1.82) is 0 Å². The molecule has 1 saturated carbocycles. The van der Waals surface area contributed by atoms with Gasteiger partial charge < -0.3 is 10.4 Å². The molecule has 1 heterocycles. The van der Waals surface area contributed by atoms with Crippen LogP contribution in [0.4, 0.5) is 0 Å². The Morgan fingerprint density at radius 1 is 1.40 bits per heavy atom. The molecule has 0 aromatic carbocycles. The lowest BCUT2D eigenvalue weighted by molar-refractivity contribution is 0.100. The third-order valence-electron chi connectivity index (χ3n) is 3.60. The highest BCUT2D eigenvalue weighted by molar-refractivity contribution is 4.89. The lowest BCUT2D eigenvalue weighted by Gasteiger charge is -2.27. The van der Waals surface area contributed by atoms with Crippen molar-refractivity contribution in [3.05, 3.63) is 0 Å². The second kappa shape index (κ2) is 5.28. The molecule has 1 aliphatic heterocycles. The van der Waals surface area contributed by atoms with E-state index < -0.39 is 0 Å². The Morgan fingerprint density at radius 3 is 2.73 bits per heavy atom. The zero-order valence-corrected chi connectivity index (χ0v) is 9.78. The van der Waals surface area contributed by atoms with E-state index in [1.54, 1.807) is 0 Å². The van der Waals surface area contributed by atoms with Gasteiger partial charge in [0, 0.05) is 25.2 Å². The van der Waals surface area contributed by atoms with Crippen LogP contribution in [-0.4, -0.2) is 47.8 Å². The van der Waals surface area contributed by atoms with Crippen LogP contribution in [0.5, 0.6) is 0 Å². The van der Waals surface area contributed by atoms with Gasteiger partial charge in [-0.2, -0.15) is 0 Å². The molecule has 0 aromatic rings. The number of aliphatic hydroxyl groups excluding tert-OH is 1. The maximum atomic E-state index is 9.72. The van der Waals surface area contributed by atoms with Crippen LogP contribution in [0, 0.1) is 0 Å². The Morgan fingerprint density at radius 2 is 2.20 bits per heavy atom. The fourth-order valence-corrected chi connectivity index (χ4v) is 2.41. The van der Waals surface area contributed by atoms with E-state index in [1.807, 2.05) is 0 Å². The van der Waals surface area contributed by atoms with Gasteiger partial charge in [-0.25, -0.2) is 0 Å². The summed E-state index contributed by atoms with van der Waals surface area (Å²) >= 11 is 0. The quantitative estimate of drug-likeness (QED) is 0.689. The third-order valence-corrected chi connectivity index (χ3v) is 3.60. The van der Waals surface area contributed by atoms with Gasteiger partial charge in [0.1, 0.15) is 0 Å². The van der Waals surface area contributed by atoms with Gasteiger partial charge in [-0.3, -0.25) is 4.90 Å². The van der Waals surface area contributed by atoms with Crippen LogP contribution < -0.4 is 5.32 Å². The number of hydrogen-bond acceptors (Lipinski definition) is 3. The molecule has 1 aliphatic carbocycles. The van der Waals surface area contributed by atoms with Crippen LogP contribution in [0.3, 0.4) is 0 Å². The summed E-state index contributed by atoms with van der Waals surface area (Å²) in [4.78, 5) is 2.50. The Kier molecular flexibility index (Phi) is 4.00. The molecule has 0 radical (unpaired) electrons. The van der Waals surface area contributed by atoms with Crippen LogP contribution >= 0.6 is 0 Å². The Balaban J connectivity index is 1.77. The molecule has 3 nitrogen and oxygen atoms in total. The van der Waals surface area contributed by atoms with E-state index in [2.05, 4.69) is 17.1 Å². The smallest absolute Gasteiger partial charge is 0.0664 e. The first kappa shape index (κ1) is 11.4. The highest BCUT2D eigenvalue weighted by atomic mass is 16.3. The largest absolute Gasteiger partial charge is 0.392 e. The van der Waals surface area contributed by atoms with Crippen LogP contribution in [0.25, 0.3) is 0 Å². The molecule has 0 amide bonds. The number of hydrogen-bond donors (Lipinski definition) is 2. The minimum atomic E-state index is -0.132. The van der Waals surface area contributed by atoms with Crippen molar-refractivity contribution in [2.45, 2.75) is 57.2 Å². The second-order valence-corrected chi connectivity index (χ2v) is 5.04. The van der Waals surface area contributed by atoms with Gasteiger partial charge in [-0.15, -0.1) is 0 Å². The van der Waals surface area contributed by atoms with E-state index in [9.17, 15) is 5.11 Å². The highest BCUT2D eigenvalue weighted by Crippen LogP contribution is 2.27. The van der Waals surface area contributed by atoms with Gasteiger partial charge in [-0.05, 0) is 38.6 Å². The molecular weight excluding hydrogens is 188 g/mol. The average molecular weight is 212 g/mol. The number of nitrogens with one attached hydrogen (secondary N) is 1. The normalized spacial score (nSPS) is 28.6. The lowest BCUT2D eigenvalue weighted by atomic mass is 10.2. The predicted molar refractivity (Wildman–Crippen MR) is 61.9 cm³/mol. The molecule has 88 valence electrons. The molecule has 2 N–H and O–H groups in total. The summed E-state index contributed by atoms with van der Waals surface area (Å²) in [6.45, 7) is 5.25. The van der Waals surface area contributed by atoms with E-state index in [0.717, 1.165) is 25.6 Å². The van der Waals surface area contributed by atoms with Crippen LogP contribution in [-0.2, 0) is 0 Å². The minimum absolute atomic E-state index is 0.132. The van der Waals surface area contributed by atoms with E-state index in [0.29, 0.717) is 6.04 Å². The third kappa shape index (κ3) is 3.44. The summed E-state index contributed by atoms with van der Waals surface area (Å²) in [5.74, 6) is 0. The standard InChI is InChI=1S/C12H24N2O/c1-2-12(15)9-14(11-5-6-11)8-10-4-3-7-13-10/h10-13,15H,2-9H2,1H3. The molecule has 0 aromatic heterocycles. The molecule has 3 heteroatoms. The van der Waals surface area contributed by atoms with Crippen molar-refractivity contribution in [2.75, 3.05) is 19.6 Å². The van der Waals surface area contributed by atoms with Gasteiger partial charge in [0.05, 0.1) is 6.10 Å². The molecule has 2 aliphatic rings. The van der Waals surface area contributed by atoms with Crippen molar-refractivity contribution in [2.24, 2.45) is 0 Å². The first-order valence-corrected chi connectivity index (χ1v) is 6.45. The zero-order chi connectivity index (χ0) is 10.7. The van der Waals surface area contributed by atoms with Crippen LogP contribution in [0.1, 0.15) is 39.0 Å². The molecule has 2 unspecified atom stereocenters. The number of aliphatic hydroxyl groups is 1. The summed E-state index contributed by atoms with van der Waals surface area (Å²) < 4.78 is 0. The molecule has 2 atom stereocenters. The SMILES string of the molecule is CCC(O)CN(CC1CCCN1)C1CC1. The highest BCUT2D eigenvalue weighted by Gasteiger charge is 2.31. The van der Waals surface area contributed by atoms with Crippen molar-refractivity contribution in [1.82, 2.24) is 10.2 Å². The molecule has 0 spiro atoms. The Hall–Kier alpha value is -0.120. The van der Waals surface area contributed by atoms with Gasteiger partial charge in [0.2, 0.25) is 0 Å². The fraction of sp³-hybridized carbons (Fsp3) is 1.00. The van der Waals surface area contributed by atoms with Crippen LogP contribution in [0.15, 0.2) is 0 Å². The first-order chi connectivity index (χ1) is 7.29. The summed E-state index contributed by atoms with van der Waals surface area (Å²) in [6, 6.07) is 1.45. The van der Waals surface area contributed by atoms with E-state index in [4.69, 9.17) is 0 Å². The molecule has 15 heavy (non-hydrogen) atoms. The minimum Gasteiger partial charge on any atom is -0.392 e. The maximum Gasteiger partial charge on any atom is 0.0664 e. The number of nitrogens with zero attached hydrogens (tertiary/aromatic N) is 1. The topological polar surface area (TPSA) is 35.5 Å². The summed E-state index contributed by atoms with van der Waals surface area (Å²) in [7, 11) is 0. The van der Waals surface area contributed by atoms with Crippen molar-refractivity contribution < 1.29 is 5.11 Å². The molecule has 0 bridgehead atoms.